The summed E-state index contributed by atoms with van der Waals surface area (Å²) >= 11 is 0. The van der Waals surface area contributed by atoms with E-state index in [-0.39, 0.29) is 18.3 Å². The number of benzene rings is 1. The van der Waals surface area contributed by atoms with E-state index in [1.165, 1.54) is 7.11 Å². The molecule has 4 aromatic heterocycles. The quantitative estimate of drug-likeness (QED) is 0.135. The summed E-state index contributed by atoms with van der Waals surface area (Å²) in [6.45, 7) is 10.8. The summed E-state index contributed by atoms with van der Waals surface area (Å²) in [5.41, 5.74) is 3.01. The fraction of sp³-hybridized carbons (Fsp3) is 0.393. The molecular weight excluding hydrogens is 526 g/mol. The molecule has 40 heavy (non-hydrogen) atoms. The summed E-state index contributed by atoms with van der Waals surface area (Å²) < 4.78 is 18.2. The normalized spacial score (nSPS) is 12.0. The highest BCUT2D eigenvalue weighted by Crippen LogP contribution is 2.25. The number of esters is 1. The van der Waals surface area contributed by atoms with Gasteiger partial charge in [0.15, 0.2) is 11.2 Å². The summed E-state index contributed by atoms with van der Waals surface area (Å²) in [7, 11) is 0.0790. The van der Waals surface area contributed by atoms with Crippen LogP contribution in [0.4, 0.5) is 0 Å². The highest BCUT2D eigenvalue weighted by atomic mass is 28.3. The SMILES string of the molecule is CCCn1c(=O)c2c(nc(-c3cnn(Cc4cccc(C(=O)OC)c4)c3)n2COCC[Si](C)(C)C)n2ccnc12. The minimum absolute atomic E-state index is 0.143. The molecule has 0 fully saturated rings. The number of aromatic nitrogens is 7. The molecule has 0 aliphatic heterocycles. The standard InChI is InChI=1S/C28H35N7O4Si/c1-6-11-34-26(36)23-25(33-12-10-29-28(33)34)31-24(35(23)19-39-13-14-40(3,4)5)22-16-30-32(18-22)17-20-8-7-9-21(15-20)27(37)38-2/h7-10,12,15-16,18H,6,11,13-14,17,19H2,1-5H3. The maximum Gasteiger partial charge on any atom is 0.337 e. The zero-order valence-electron chi connectivity index (χ0n) is 23.6. The third-order valence-electron chi connectivity index (χ3n) is 6.74. The fourth-order valence-electron chi connectivity index (χ4n) is 4.67. The zero-order valence-corrected chi connectivity index (χ0v) is 24.6. The molecule has 0 unspecified atom stereocenters. The lowest BCUT2D eigenvalue weighted by Gasteiger charge is -2.16. The first-order valence-corrected chi connectivity index (χ1v) is 17.1. The van der Waals surface area contributed by atoms with E-state index in [9.17, 15) is 9.59 Å². The van der Waals surface area contributed by atoms with Gasteiger partial charge in [0.05, 0.1) is 31.0 Å². The molecule has 0 spiro atoms. The van der Waals surface area contributed by atoms with Gasteiger partial charge in [-0.3, -0.25) is 23.0 Å². The molecule has 0 atom stereocenters. The molecular formula is C28H35N7O4Si. The smallest absolute Gasteiger partial charge is 0.337 e. The number of nitrogens with zero attached hydrogens (tertiary/aromatic N) is 7. The van der Waals surface area contributed by atoms with Crippen molar-refractivity contribution in [1.82, 2.24) is 33.3 Å². The second-order valence-corrected chi connectivity index (χ2v) is 16.7. The average Bonchev–Trinajstić information content (AvgIpc) is 3.67. The van der Waals surface area contributed by atoms with Gasteiger partial charge in [0.2, 0.25) is 5.78 Å². The minimum Gasteiger partial charge on any atom is -0.465 e. The lowest BCUT2D eigenvalue weighted by Crippen LogP contribution is -2.25. The molecule has 0 aliphatic rings. The van der Waals surface area contributed by atoms with Gasteiger partial charge < -0.3 is 9.47 Å². The maximum absolute atomic E-state index is 13.8. The van der Waals surface area contributed by atoms with Crippen molar-refractivity contribution in [3.05, 3.63) is 70.5 Å². The van der Waals surface area contributed by atoms with Gasteiger partial charge in [-0.1, -0.05) is 38.7 Å². The molecule has 0 saturated carbocycles. The van der Waals surface area contributed by atoms with Crippen molar-refractivity contribution in [2.45, 2.75) is 58.9 Å². The van der Waals surface area contributed by atoms with Gasteiger partial charge in [0, 0.05) is 39.8 Å². The number of hydrogen-bond donors (Lipinski definition) is 0. The summed E-state index contributed by atoms with van der Waals surface area (Å²) in [6, 6.07) is 8.28. The third kappa shape index (κ3) is 5.49. The molecule has 1 aromatic carbocycles. The first kappa shape index (κ1) is 27.5. The van der Waals surface area contributed by atoms with Gasteiger partial charge in [0.1, 0.15) is 12.6 Å². The van der Waals surface area contributed by atoms with E-state index in [1.54, 1.807) is 33.8 Å². The second-order valence-electron chi connectivity index (χ2n) is 11.1. The van der Waals surface area contributed by atoms with E-state index in [2.05, 4.69) is 29.7 Å². The van der Waals surface area contributed by atoms with Crippen LogP contribution in [0, 0.1) is 0 Å². The monoisotopic (exact) mass is 561 g/mol. The van der Waals surface area contributed by atoms with Crippen molar-refractivity contribution in [2.75, 3.05) is 13.7 Å². The summed E-state index contributed by atoms with van der Waals surface area (Å²) in [6.07, 6.45) is 7.93. The van der Waals surface area contributed by atoms with Crippen LogP contribution in [0.25, 0.3) is 28.3 Å². The number of rotatable bonds is 11. The van der Waals surface area contributed by atoms with E-state index < -0.39 is 8.07 Å². The predicted molar refractivity (Wildman–Crippen MR) is 155 cm³/mol. The van der Waals surface area contributed by atoms with Crippen LogP contribution in [-0.2, 0) is 29.3 Å². The van der Waals surface area contributed by atoms with Crippen molar-refractivity contribution in [3.63, 3.8) is 0 Å². The van der Waals surface area contributed by atoms with Crippen LogP contribution in [0.3, 0.4) is 0 Å². The first-order valence-electron chi connectivity index (χ1n) is 13.4. The van der Waals surface area contributed by atoms with Crippen LogP contribution in [0.15, 0.2) is 53.8 Å². The maximum atomic E-state index is 13.8. The van der Waals surface area contributed by atoms with Crippen molar-refractivity contribution in [3.8, 4) is 11.4 Å². The van der Waals surface area contributed by atoms with Crippen LogP contribution in [-0.4, -0.2) is 61.0 Å². The van der Waals surface area contributed by atoms with E-state index in [0.717, 1.165) is 23.6 Å². The Balaban J connectivity index is 1.56. The van der Waals surface area contributed by atoms with E-state index in [0.29, 0.717) is 48.0 Å². The number of carbonyl (C=O) groups excluding carboxylic acids is 1. The van der Waals surface area contributed by atoms with Gasteiger partial charge in [0.25, 0.3) is 5.56 Å². The lowest BCUT2D eigenvalue weighted by atomic mass is 10.1. The number of imidazole rings is 2. The second kappa shape index (κ2) is 11.2. The number of carbonyl (C=O) groups is 1. The number of fused-ring (bicyclic) bond motifs is 3. The highest BCUT2D eigenvalue weighted by Gasteiger charge is 2.22. The summed E-state index contributed by atoms with van der Waals surface area (Å²) in [5, 5.41) is 4.55. The Labute approximate surface area is 233 Å². The van der Waals surface area contributed by atoms with Crippen molar-refractivity contribution < 1.29 is 14.3 Å². The van der Waals surface area contributed by atoms with Crippen molar-refractivity contribution in [1.29, 1.82) is 0 Å². The topological polar surface area (TPSA) is 110 Å². The Kier molecular flexibility index (Phi) is 7.72. The molecule has 0 aliphatic carbocycles. The molecule has 0 saturated heterocycles. The van der Waals surface area contributed by atoms with Crippen LogP contribution in [0.5, 0.6) is 0 Å². The first-order chi connectivity index (χ1) is 19.2. The van der Waals surface area contributed by atoms with Crippen LogP contribution >= 0.6 is 0 Å². The number of aryl methyl sites for hydroxylation is 1. The number of methoxy groups -OCH3 is 1. The molecule has 11 nitrogen and oxygen atoms in total. The molecule has 0 bridgehead atoms. The largest absolute Gasteiger partial charge is 0.465 e. The van der Waals surface area contributed by atoms with Crippen molar-refractivity contribution in [2.24, 2.45) is 0 Å². The van der Waals surface area contributed by atoms with Crippen LogP contribution in [0.2, 0.25) is 25.7 Å². The van der Waals surface area contributed by atoms with Crippen LogP contribution in [0.1, 0.15) is 29.3 Å². The highest BCUT2D eigenvalue weighted by molar-refractivity contribution is 6.76. The van der Waals surface area contributed by atoms with Crippen molar-refractivity contribution >= 4 is 31.0 Å². The van der Waals surface area contributed by atoms with Gasteiger partial charge in [-0.25, -0.2) is 14.8 Å². The van der Waals surface area contributed by atoms with Gasteiger partial charge in [-0.05, 0) is 30.2 Å². The Hall–Kier alpha value is -4.03. The molecule has 0 radical (unpaired) electrons. The van der Waals surface area contributed by atoms with E-state index >= 15 is 0 Å². The molecule has 0 N–H and O–H groups in total. The predicted octanol–water partition coefficient (Wildman–Crippen LogP) is 4.27. The molecule has 0 amide bonds. The lowest BCUT2D eigenvalue weighted by molar-refractivity contribution is 0.0600. The Morgan fingerprint density at radius 2 is 1.98 bits per heavy atom. The fourth-order valence-corrected chi connectivity index (χ4v) is 5.43. The van der Waals surface area contributed by atoms with Gasteiger partial charge in [-0.15, -0.1) is 0 Å². The summed E-state index contributed by atoms with van der Waals surface area (Å²) in [4.78, 5) is 35.1. The minimum atomic E-state index is -1.29. The van der Waals surface area contributed by atoms with Crippen LogP contribution < -0.4 is 5.56 Å². The number of hydrogen-bond acceptors (Lipinski definition) is 7. The Morgan fingerprint density at radius 3 is 2.73 bits per heavy atom. The van der Waals surface area contributed by atoms with E-state index in [4.69, 9.17) is 14.5 Å². The molecule has 210 valence electrons. The summed E-state index contributed by atoms with van der Waals surface area (Å²) in [5.74, 6) is 0.778. The van der Waals surface area contributed by atoms with Gasteiger partial charge >= 0.3 is 5.97 Å². The Bertz CT molecular complexity index is 1720. The molecule has 12 heteroatoms. The molecule has 5 aromatic rings. The molecule has 5 rings (SSSR count). The van der Waals surface area contributed by atoms with Gasteiger partial charge in [-0.2, -0.15) is 5.10 Å². The Morgan fingerprint density at radius 1 is 1.15 bits per heavy atom. The number of ether oxygens (including phenoxy) is 2. The van der Waals surface area contributed by atoms with E-state index in [1.807, 2.05) is 40.4 Å². The zero-order chi connectivity index (χ0) is 28.4. The average molecular weight is 562 g/mol. The third-order valence-corrected chi connectivity index (χ3v) is 8.44. The molecule has 4 heterocycles.